The van der Waals surface area contributed by atoms with E-state index in [1.807, 2.05) is 0 Å². The summed E-state index contributed by atoms with van der Waals surface area (Å²) in [5.41, 5.74) is -0.649. The Labute approximate surface area is 100 Å². The maximum atomic E-state index is 13.4. The molecule has 0 aliphatic carbocycles. The minimum atomic E-state index is -0.850. The first-order chi connectivity index (χ1) is 8.56. The zero-order valence-electron chi connectivity index (χ0n) is 8.98. The number of nitrogens with zero attached hydrogens (tertiary/aromatic N) is 1. The second-order valence-corrected chi connectivity index (χ2v) is 3.42. The molecule has 2 rings (SSSR count). The summed E-state index contributed by atoms with van der Waals surface area (Å²) in [5.74, 6) is -1.76. The Balaban J connectivity index is 2.22. The van der Waals surface area contributed by atoms with E-state index in [4.69, 9.17) is 5.11 Å². The van der Waals surface area contributed by atoms with Crippen molar-refractivity contribution in [3.63, 3.8) is 0 Å². The number of benzene rings is 1. The maximum absolute atomic E-state index is 13.4. The quantitative estimate of drug-likeness (QED) is 0.735. The fraction of sp³-hybridized carbons (Fsp3) is 0. The molecule has 7 heteroatoms. The molecule has 0 unspecified atom stereocenters. The number of phenolic OH excluding ortho intramolecular Hbond substituents is 1. The van der Waals surface area contributed by atoms with Gasteiger partial charge in [0.2, 0.25) is 0 Å². The lowest BCUT2D eigenvalue weighted by molar-refractivity contribution is 0.102. The average Bonchev–Trinajstić information content (AvgIpc) is 2.32. The summed E-state index contributed by atoms with van der Waals surface area (Å²) in [6, 6.07) is 5.63. The molecule has 0 radical (unpaired) electrons. The topological polar surface area (TPSA) is 95.1 Å². The van der Waals surface area contributed by atoms with Crippen molar-refractivity contribution >= 4 is 11.7 Å². The van der Waals surface area contributed by atoms with Crippen molar-refractivity contribution in [2.75, 3.05) is 5.32 Å². The number of rotatable bonds is 2. The summed E-state index contributed by atoms with van der Waals surface area (Å²) < 4.78 is 13.4. The summed E-state index contributed by atoms with van der Waals surface area (Å²) in [6.07, 6.45) is 0. The number of H-pyrrole nitrogens is 1. The van der Waals surface area contributed by atoms with Crippen LogP contribution in [0.2, 0.25) is 0 Å². The van der Waals surface area contributed by atoms with Crippen LogP contribution in [0.15, 0.2) is 35.1 Å². The Kier molecular flexibility index (Phi) is 3.05. The molecular formula is C11H8FN3O3. The van der Waals surface area contributed by atoms with Crippen molar-refractivity contribution in [2.24, 2.45) is 0 Å². The normalized spacial score (nSPS) is 10.1. The van der Waals surface area contributed by atoms with Crippen molar-refractivity contribution in [2.45, 2.75) is 0 Å². The lowest BCUT2D eigenvalue weighted by atomic mass is 10.2. The van der Waals surface area contributed by atoms with Gasteiger partial charge < -0.3 is 10.4 Å². The first kappa shape index (κ1) is 11.8. The minimum absolute atomic E-state index is 0.0899. The van der Waals surface area contributed by atoms with Gasteiger partial charge in [0, 0.05) is 12.1 Å². The zero-order valence-corrected chi connectivity index (χ0v) is 8.98. The monoisotopic (exact) mass is 249 g/mol. The Bertz CT molecular complexity index is 634. The van der Waals surface area contributed by atoms with E-state index in [9.17, 15) is 14.0 Å². The molecule has 1 aromatic carbocycles. The molecule has 18 heavy (non-hydrogen) atoms. The van der Waals surface area contributed by atoms with E-state index in [0.29, 0.717) is 0 Å². The molecule has 0 saturated carbocycles. The largest absolute Gasteiger partial charge is 0.508 e. The second-order valence-electron chi connectivity index (χ2n) is 3.42. The third kappa shape index (κ3) is 2.51. The Morgan fingerprint density at radius 1 is 1.33 bits per heavy atom. The number of hydrogen-bond donors (Lipinski definition) is 3. The van der Waals surface area contributed by atoms with Crippen LogP contribution in [-0.4, -0.2) is 21.2 Å². The molecule has 0 fully saturated rings. The number of carbonyl (C=O) groups is 1. The highest BCUT2D eigenvalue weighted by atomic mass is 19.1. The molecule has 2 aromatic rings. The van der Waals surface area contributed by atoms with Crippen molar-refractivity contribution in [3.8, 4) is 5.75 Å². The number of hydrogen-bond acceptors (Lipinski definition) is 4. The summed E-state index contributed by atoms with van der Waals surface area (Å²) in [7, 11) is 0. The number of carbonyl (C=O) groups excluding carboxylic acids is 1. The molecule has 1 heterocycles. The van der Waals surface area contributed by atoms with Gasteiger partial charge in [-0.15, -0.1) is 0 Å². The van der Waals surface area contributed by atoms with Crippen LogP contribution in [0.5, 0.6) is 5.75 Å². The minimum Gasteiger partial charge on any atom is -0.508 e. The number of halogens is 1. The third-order valence-corrected chi connectivity index (χ3v) is 2.12. The Morgan fingerprint density at radius 3 is 2.72 bits per heavy atom. The van der Waals surface area contributed by atoms with Crippen LogP contribution in [0, 0.1) is 5.82 Å². The second kappa shape index (κ2) is 4.66. The van der Waals surface area contributed by atoms with Gasteiger partial charge in [-0.2, -0.15) is 5.10 Å². The van der Waals surface area contributed by atoms with Crippen LogP contribution in [0.1, 0.15) is 10.4 Å². The van der Waals surface area contributed by atoms with Crippen LogP contribution in [0.3, 0.4) is 0 Å². The molecule has 0 bridgehead atoms. The first-order valence-electron chi connectivity index (χ1n) is 4.92. The van der Waals surface area contributed by atoms with Gasteiger partial charge in [-0.3, -0.25) is 9.59 Å². The molecule has 0 aliphatic heterocycles. The number of aromatic hydroxyl groups is 1. The third-order valence-electron chi connectivity index (χ3n) is 2.12. The predicted octanol–water partition coefficient (Wildman–Crippen LogP) is 0.867. The van der Waals surface area contributed by atoms with Crippen molar-refractivity contribution in [3.05, 3.63) is 52.1 Å². The van der Waals surface area contributed by atoms with E-state index in [0.717, 1.165) is 12.1 Å². The Morgan fingerprint density at radius 2 is 2.11 bits per heavy atom. The standard InChI is InChI=1S/C11H8FN3O3/c12-8-5-6(16)1-2-7(8)11(18)13-9-3-4-10(17)15-14-9/h1-5,16H,(H,15,17)(H,13,14,18). The highest BCUT2D eigenvalue weighted by Gasteiger charge is 2.12. The molecule has 0 saturated heterocycles. The van der Waals surface area contributed by atoms with Crippen molar-refractivity contribution in [1.82, 2.24) is 10.2 Å². The van der Waals surface area contributed by atoms with E-state index >= 15 is 0 Å². The fourth-order valence-corrected chi connectivity index (χ4v) is 1.29. The number of amides is 1. The van der Waals surface area contributed by atoms with Gasteiger partial charge in [-0.05, 0) is 18.2 Å². The van der Waals surface area contributed by atoms with Crippen LogP contribution in [-0.2, 0) is 0 Å². The molecular weight excluding hydrogens is 241 g/mol. The van der Waals surface area contributed by atoms with E-state index in [1.54, 1.807) is 0 Å². The number of nitrogens with one attached hydrogen (secondary N) is 2. The van der Waals surface area contributed by atoms with Gasteiger partial charge >= 0.3 is 0 Å². The van der Waals surface area contributed by atoms with Crippen LogP contribution in [0.25, 0.3) is 0 Å². The molecule has 6 nitrogen and oxygen atoms in total. The smallest absolute Gasteiger partial charge is 0.264 e. The molecule has 1 aromatic heterocycles. The molecule has 0 spiro atoms. The van der Waals surface area contributed by atoms with Gasteiger partial charge in [0.25, 0.3) is 11.5 Å². The predicted molar refractivity (Wildman–Crippen MR) is 60.9 cm³/mol. The molecule has 1 amide bonds. The maximum Gasteiger partial charge on any atom is 0.264 e. The summed E-state index contributed by atoms with van der Waals surface area (Å²) in [5, 5.41) is 17.0. The van der Waals surface area contributed by atoms with Gasteiger partial charge in [0.1, 0.15) is 11.6 Å². The fourth-order valence-electron chi connectivity index (χ4n) is 1.29. The Hall–Kier alpha value is -2.70. The summed E-state index contributed by atoms with van der Waals surface area (Å²) in [4.78, 5) is 22.4. The van der Waals surface area contributed by atoms with Crippen molar-refractivity contribution < 1.29 is 14.3 Å². The molecule has 3 N–H and O–H groups in total. The lowest BCUT2D eigenvalue weighted by Gasteiger charge is -2.04. The number of anilines is 1. The first-order valence-corrected chi connectivity index (χ1v) is 4.92. The van der Waals surface area contributed by atoms with Gasteiger partial charge in [0.05, 0.1) is 5.56 Å². The molecule has 0 aliphatic rings. The van der Waals surface area contributed by atoms with Crippen LogP contribution < -0.4 is 10.9 Å². The van der Waals surface area contributed by atoms with E-state index in [2.05, 4.69) is 15.5 Å². The highest BCUT2D eigenvalue weighted by Crippen LogP contribution is 2.15. The van der Waals surface area contributed by atoms with E-state index < -0.39 is 17.3 Å². The number of aromatic nitrogens is 2. The van der Waals surface area contributed by atoms with E-state index in [-0.39, 0.29) is 17.1 Å². The van der Waals surface area contributed by atoms with E-state index in [1.165, 1.54) is 18.2 Å². The number of phenols is 1. The lowest BCUT2D eigenvalue weighted by Crippen LogP contribution is -2.16. The van der Waals surface area contributed by atoms with Crippen molar-refractivity contribution in [1.29, 1.82) is 0 Å². The molecule has 0 atom stereocenters. The zero-order chi connectivity index (χ0) is 13.1. The van der Waals surface area contributed by atoms with Gasteiger partial charge in [-0.1, -0.05) is 0 Å². The summed E-state index contributed by atoms with van der Waals surface area (Å²) in [6.45, 7) is 0. The average molecular weight is 249 g/mol. The van der Waals surface area contributed by atoms with Gasteiger partial charge in [0.15, 0.2) is 5.82 Å². The van der Waals surface area contributed by atoms with Crippen LogP contribution >= 0.6 is 0 Å². The molecule has 92 valence electrons. The summed E-state index contributed by atoms with van der Waals surface area (Å²) >= 11 is 0. The highest BCUT2D eigenvalue weighted by molar-refractivity contribution is 6.03. The number of aromatic amines is 1. The van der Waals surface area contributed by atoms with Gasteiger partial charge in [-0.25, -0.2) is 9.49 Å². The SMILES string of the molecule is O=C(Nc1ccc(=O)[nH]n1)c1ccc(O)cc1F. The van der Waals surface area contributed by atoms with Crippen LogP contribution in [0.4, 0.5) is 10.2 Å².